The summed E-state index contributed by atoms with van der Waals surface area (Å²) in [6.07, 6.45) is 1.04. The van der Waals surface area contributed by atoms with Crippen LogP contribution >= 0.6 is 0 Å². The highest BCUT2D eigenvalue weighted by molar-refractivity contribution is 5.77. The largest absolute Gasteiger partial charge is 0.469 e. The van der Waals surface area contributed by atoms with Gasteiger partial charge in [0.15, 0.2) is 0 Å². The Bertz CT molecular complexity index is 356. The lowest BCUT2D eigenvalue weighted by atomic mass is 9.95. The molecular formula is C14H20O2. The van der Waals surface area contributed by atoms with Crippen molar-refractivity contribution in [3.05, 3.63) is 35.4 Å². The first-order valence-electron chi connectivity index (χ1n) is 5.71. The van der Waals surface area contributed by atoms with Gasteiger partial charge in [0.1, 0.15) is 0 Å². The fourth-order valence-corrected chi connectivity index (χ4v) is 1.77. The van der Waals surface area contributed by atoms with Gasteiger partial charge in [-0.05, 0) is 30.4 Å². The van der Waals surface area contributed by atoms with Crippen molar-refractivity contribution in [3.8, 4) is 0 Å². The van der Waals surface area contributed by atoms with Crippen LogP contribution in [0.3, 0.4) is 0 Å². The van der Waals surface area contributed by atoms with E-state index in [2.05, 4.69) is 26.0 Å². The molecule has 1 aromatic rings. The molecule has 0 bridgehead atoms. The minimum atomic E-state index is -0.183. The van der Waals surface area contributed by atoms with E-state index in [0.717, 1.165) is 12.0 Å². The molecule has 1 atom stereocenters. The number of esters is 1. The Morgan fingerprint density at radius 3 is 2.56 bits per heavy atom. The van der Waals surface area contributed by atoms with Gasteiger partial charge in [-0.2, -0.15) is 0 Å². The van der Waals surface area contributed by atoms with Gasteiger partial charge in [-0.15, -0.1) is 0 Å². The van der Waals surface area contributed by atoms with Crippen LogP contribution in [0.25, 0.3) is 0 Å². The Morgan fingerprint density at radius 2 is 2.00 bits per heavy atom. The molecule has 0 aliphatic rings. The molecular weight excluding hydrogens is 200 g/mol. The number of hydrogen-bond donors (Lipinski definition) is 0. The number of hydrogen-bond acceptors (Lipinski definition) is 2. The fourth-order valence-electron chi connectivity index (χ4n) is 1.77. The van der Waals surface area contributed by atoms with Crippen LogP contribution in [0.5, 0.6) is 0 Å². The summed E-state index contributed by atoms with van der Waals surface area (Å²) in [5.41, 5.74) is 2.31. The summed E-state index contributed by atoms with van der Waals surface area (Å²) in [5.74, 6) is 0.266. The molecule has 0 N–H and O–H groups in total. The van der Waals surface area contributed by atoms with Crippen molar-refractivity contribution < 1.29 is 9.53 Å². The van der Waals surface area contributed by atoms with Crippen molar-refractivity contribution in [2.24, 2.45) is 5.92 Å². The Balaban J connectivity index is 2.85. The van der Waals surface area contributed by atoms with Crippen molar-refractivity contribution in [2.75, 3.05) is 7.11 Å². The van der Waals surface area contributed by atoms with Crippen LogP contribution in [0.15, 0.2) is 24.3 Å². The first-order valence-corrected chi connectivity index (χ1v) is 5.71. The number of ether oxygens (including phenoxy) is 1. The van der Waals surface area contributed by atoms with Gasteiger partial charge >= 0.3 is 5.97 Å². The molecule has 0 heterocycles. The maximum absolute atomic E-state index is 11.4. The molecule has 2 nitrogen and oxygen atoms in total. The Morgan fingerprint density at radius 1 is 1.31 bits per heavy atom. The van der Waals surface area contributed by atoms with E-state index in [0.29, 0.717) is 5.92 Å². The van der Waals surface area contributed by atoms with E-state index in [9.17, 15) is 4.79 Å². The zero-order valence-electron chi connectivity index (χ0n) is 10.5. The summed E-state index contributed by atoms with van der Waals surface area (Å²) < 4.78 is 4.75. The van der Waals surface area contributed by atoms with E-state index in [1.807, 2.05) is 19.1 Å². The first kappa shape index (κ1) is 12.8. The predicted octanol–water partition coefficient (Wildman–Crippen LogP) is 3.16. The van der Waals surface area contributed by atoms with Crippen LogP contribution < -0.4 is 0 Å². The van der Waals surface area contributed by atoms with Gasteiger partial charge in [-0.1, -0.05) is 38.1 Å². The second-order valence-corrected chi connectivity index (χ2v) is 4.59. The van der Waals surface area contributed by atoms with Crippen molar-refractivity contribution in [1.82, 2.24) is 0 Å². The highest BCUT2D eigenvalue weighted by atomic mass is 16.5. The van der Waals surface area contributed by atoms with E-state index in [1.54, 1.807) is 0 Å². The summed E-state index contributed by atoms with van der Waals surface area (Å²) in [7, 11) is 1.43. The molecule has 2 heteroatoms. The molecule has 0 aliphatic heterocycles. The molecule has 1 rings (SSSR count). The lowest BCUT2D eigenvalue weighted by Gasteiger charge is -2.12. The molecule has 0 spiro atoms. The molecule has 0 aliphatic carbocycles. The SMILES string of the molecule is COC(=O)C(C)c1cccc(CC(C)C)c1. The van der Waals surface area contributed by atoms with E-state index < -0.39 is 0 Å². The third-order valence-corrected chi connectivity index (χ3v) is 2.65. The highest BCUT2D eigenvalue weighted by Gasteiger charge is 2.15. The first-order chi connectivity index (χ1) is 7.54. The molecule has 0 fully saturated rings. The molecule has 1 unspecified atom stereocenters. The normalized spacial score (nSPS) is 12.6. The zero-order valence-corrected chi connectivity index (χ0v) is 10.5. The van der Waals surface area contributed by atoms with Crippen LogP contribution in [-0.2, 0) is 16.0 Å². The highest BCUT2D eigenvalue weighted by Crippen LogP contribution is 2.19. The minimum absolute atomic E-state index is 0.179. The Labute approximate surface area is 97.6 Å². The molecule has 0 aromatic heterocycles. The number of carbonyl (C=O) groups is 1. The van der Waals surface area contributed by atoms with Gasteiger partial charge in [0.2, 0.25) is 0 Å². The number of methoxy groups -OCH3 is 1. The quantitative estimate of drug-likeness (QED) is 0.728. The van der Waals surface area contributed by atoms with Crippen molar-refractivity contribution in [2.45, 2.75) is 33.1 Å². The zero-order chi connectivity index (χ0) is 12.1. The van der Waals surface area contributed by atoms with Gasteiger partial charge in [-0.3, -0.25) is 4.79 Å². The lowest BCUT2D eigenvalue weighted by molar-refractivity contribution is -0.141. The van der Waals surface area contributed by atoms with Gasteiger partial charge in [0.25, 0.3) is 0 Å². The Kier molecular flexibility index (Phi) is 4.53. The second-order valence-electron chi connectivity index (χ2n) is 4.59. The number of benzene rings is 1. The molecule has 0 saturated carbocycles. The molecule has 16 heavy (non-hydrogen) atoms. The lowest BCUT2D eigenvalue weighted by Crippen LogP contribution is -2.11. The number of carbonyl (C=O) groups excluding carboxylic acids is 1. The maximum atomic E-state index is 11.4. The molecule has 1 aromatic carbocycles. The van der Waals surface area contributed by atoms with Gasteiger partial charge in [0.05, 0.1) is 13.0 Å². The molecule has 0 radical (unpaired) electrons. The minimum Gasteiger partial charge on any atom is -0.469 e. The van der Waals surface area contributed by atoms with Crippen LogP contribution in [0.2, 0.25) is 0 Å². The summed E-state index contributed by atoms with van der Waals surface area (Å²) in [6.45, 7) is 6.26. The molecule has 88 valence electrons. The van der Waals surface area contributed by atoms with Gasteiger partial charge in [-0.25, -0.2) is 0 Å². The van der Waals surface area contributed by atoms with E-state index >= 15 is 0 Å². The van der Waals surface area contributed by atoms with Gasteiger partial charge in [0, 0.05) is 0 Å². The van der Waals surface area contributed by atoms with E-state index in [4.69, 9.17) is 4.74 Å². The number of rotatable bonds is 4. The van der Waals surface area contributed by atoms with Gasteiger partial charge < -0.3 is 4.74 Å². The van der Waals surface area contributed by atoms with Crippen LogP contribution in [0, 0.1) is 5.92 Å². The second kappa shape index (κ2) is 5.69. The third-order valence-electron chi connectivity index (χ3n) is 2.65. The van der Waals surface area contributed by atoms with Crippen LogP contribution in [0.1, 0.15) is 37.8 Å². The van der Waals surface area contributed by atoms with Crippen molar-refractivity contribution in [1.29, 1.82) is 0 Å². The molecule has 0 saturated heterocycles. The summed E-state index contributed by atoms with van der Waals surface area (Å²) in [6, 6.07) is 8.19. The summed E-state index contributed by atoms with van der Waals surface area (Å²) >= 11 is 0. The smallest absolute Gasteiger partial charge is 0.312 e. The average molecular weight is 220 g/mol. The van der Waals surface area contributed by atoms with Crippen LogP contribution in [0.4, 0.5) is 0 Å². The standard InChI is InChI=1S/C14H20O2/c1-10(2)8-12-6-5-7-13(9-12)11(3)14(15)16-4/h5-7,9-11H,8H2,1-4H3. The molecule has 0 amide bonds. The van der Waals surface area contributed by atoms with E-state index in [1.165, 1.54) is 12.7 Å². The monoisotopic (exact) mass is 220 g/mol. The fraction of sp³-hybridized carbons (Fsp3) is 0.500. The summed E-state index contributed by atoms with van der Waals surface area (Å²) in [4.78, 5) is 11.4. The van der Waals surface area contributed by atoms with Crippen LogP contribution in [-0.4, -0.2) is 13.1 Å². The third kappa shape index (κ3) is 3.37. The Hall–Kier alpha value is -1.31. The average Bonchev–Trinajstić information content (AvgIpc) is 2.26. The predicted molar refractivity (Wildman–Crippen MR) is 65.4 cm³/mol. The van der Waals surface area contributed by atoms with E-state index in [-0.39, 0.29) is 11.9 Å². The summed E-state index contributed by atoms with van der Waals surface area (Å²) in [5, 5.41) is 0. The van der Waals surface area contributed by atoms with Crippen molar-refractivity contribution in [3.63, 3.8) is 0 Å². The maximum Gasteiger partial charge on any atom is 0.312 e. The van der Waals surface area contributed by atoms with Crippen molar-refractivity contribution >= 4 is 5.97 Å². The topological polar surface area (TPSA) is 26.3 Å².